The highest BCUT2D eigenvalue weighted by molar-refractivity contribution is 6.02. The molecule has 14 atom stereocenters. The van der Waals surface area contributed by atoms with E-state index in [1.807, 2.05) is 19.9 Å². The summed E-state index contributed by atoms with van der Waals surface area (Å²) in [6.45, 7) is 14.4. The number of primary amides is 1. The van der Waals surface area contributed by atoms with Crippen molar-refractivity contribution in [2.24, 2.45) is 40.1 Å². The number of aliphatic hydroxyl groups excluding tert-OH is 1. The number of anilines is 2. The molecule has 0 spiro atoms. The summed E-state index contributed by atoms with van der Waals surface area (Å²) in [6, 6.07) is 8.74. The predicted molar refractivity (Wildman–Crippen MR) is 341 cm³/mol. The van der Waals surface area contributed by atoms with Gasteiger partial charge in [0.15, 0.2) is 23.3 Å². The Balaban J connectivity index is 0.865. The monoisotopic (exact) mass is 1290 g/mol. The van der Waals surface area contributed by atoms with Crippen molar-refractivity contribution in [2.75, 3.05) is 36.9 Å². The molecule has 24 heteroatoms. The number of ether oxygens (including phenoxy) is 5. The summed E-state index contributed by atoms with van der Waals surface area (Å²) in [4.78, 5) is 105. The predicted octanol–water partition coefficient (Wildman–Crippen LogP) is 8.15. The second-order valence-corrected chi connectivity index (χ2v) is 25.9. The van der Waals surface area contributed by atoms with Gasteiger partial charge in [-0.1, -0.05) is 78.2 Å². The van der Waals surface area contributed by atoms with E-state index < -0.39 is 131 Å². The fraction of sp³-hybridized carbons (Fsp3) is 0.618. The summed E-state index contributed by atoms with van der Waals surface area (Å²) < 4.78 is 64.5. The molecule has 4 aliphatic carbocycles. The maximum atomic E-state index is 17.9. The molecule has 7 amide bonds. The lowest BCUT2D eigenvalue weighted by atomic mass is 9.44. The summed E-state index contributed by atoms with van der Waals surface area (Å²) in [5.74, 6) is -4.70. The third-order valence-corrected chi connectivity index (χ3v) is 19.2. The van der Waals surface area contributed by atoms with Crippen molar-refractivity contribution in [3.8, 4) is 5.75 Å². The molecular formula is C68H96F2N8O14. The lowest BCUT2D eigenvalue weighted by molar-refractivity contribution is -0.234. The van der Waals surface area contributed by atoms with E-state index in [1.165, 1.54) is 19.1 Å². The van der Waals surface area contributed by atoms with Crippen LogP contribution in [0.5, 0.6) is 5.75 Å². The Labute approximate surface area is 538 Å². The molecule has 1 saturated heterocycles. The van der Waals surface area contributed by atoms with Crippen molar-refractivity contribution < 1.29 is 75.9 Å². The molecule has 11 N–H and O–H groups in total. The summed E-state index contributed by atoms with van der Waals surface area (Å²) in [5, 5.41) is 28.2. The normalized spacial score (nSPS) is 27.3. The number of unbranched alkanes of at least 4 members (excludes halogenated alkanes) is 4. The number of urea groups is 1. The number of halogens is 2. The van der Waals surface area contributed by atoms with Gasteiger partial charge in [-0.3, -0.25) is 34.1 Å². The van der Waals surface area contributed by atoms with Gasteiger partial charge in [0, 0.05) is 41.2 Å². The molecule has 5 aliphatic rings. The fourth-order valence-electron chi connectivity index (χ4n) is 14.2. The van der Waals surface area contributed by atoms with Gasteiger partial charge in [-0.2, -0.15) is 0 Å². The molecule has 4 fully saturated rings. The van der Waals surface area contributed by atoms with Crippen LogP contribution in [0, 0.1) is 28.6 Å². The van der Waals surface area contributed by atoms with Crippen molar-refractivity contribution in [1.29, 1.82) is 0 Å². The zero-order valence-electron chi connectivity index (χ0n) is 54.0. The number of amides is 7. The number of alkyl halides is 2. The number of allylic oxidation sites excluding steroid dienone is 5. The minimum atomic E-state index is -2.35. The van der Waals surface area contributed by atoms with Gasteiger partial charge in [0.25, 0.3) is 0 Å². The van der Waals surface area contributed by atoms with E-state index in [0.717, 1.165) is 44.6 Å². The van der Waals surface area contributed by atoms with E-state index in [1.54, 1.807) is 69.3 Å². The summed E-state index contributed by atoms with van der Waals surface area (Å²) in [6.07, 6.45) is 8.51. The van der Waals surface area contributed by atoms with Crippen LogP contribution in [-0.4, -0.2) is 139 Å². The van der Waals surface area contributed by atoms with Gasteiger partial charge in [0.2, 0.25) is 29.4 Å². The molecule has 3 saturated carbocycles. The van der Waals surface area contributed by atoms with Crippen LogP contribution >= 0.6 is 0 Å². The minimum Gasteiger partial charge on any atom is -0.486 e. The number of ketones is 2. The first-order valence-corrected chi connectivity index (χ1v) is 32.6. The zero-order chi connectivity index (χ0) is 67.0. The van der Waals surface area contributed by atoms with E-state index in [4.69, 9.17) is 35.2 Å². The number of nitrogens with two attached hydrogens (primary N) is 2. The average molecular weight is 1290 g/mol. The third-order valence-electron chi connectivity index (χ3n) is 19.2. The Morgan fingerprint density at radius 3 is 2.22 bits per heavy atom. The van der Waals surface area contributed by atoms with Crippen molar-refractivity contribution in [1.82, 2.24) is 21.3 Å². The molecule has 1 heterocycles. The van der Waals surface area contributed by atoms with E-state index in [9.17, 15) is 43.5 Å². The first-order valence-electron chi connectivity index (χ1n) is 32.6. The third kappa shape index (κ3) is 17.0. The maximum Gasteiger partial charge on any atom is 0.411 e. The van der Waals surface area contributed by atoms with Crippen molar-refractivity contribution in [2.45, 2.75) is 211 Å². The van der Waals surface area contributed by atoms with Gasteiger partial charge >= 0.3 is 12.1 Å². The van der Waals surface area contributed by atoms with Crippen molar-refractivity contribution in [3.05, 3.63) is 90.6 Å². The molecule has 0 radical (unpaired) electrons. The highest BCUT2D eigenvalue weighted by Crippen LogP contribution is 2.72. The molecule has 2 unspecified atom stereocenters. The highest BCUT2D eigenvalue weighted by atomic mass is 19.1. The first kappa shape index (κ1) is 72.3. The smallest absolute Gasteiger partial charge is 0.411 e. The van der Waals surface area contributed by atoms with Crippen LogP contribution in [0.1, 0.15) is 150 Å². The largest absolute Gasteiger partial charge is 0.486 e. The molecule has 22 nitrogen and oxygen atoms in total. The van der Waals surface area contributed by atoms with Crippen molar-refractivity contribution in [3.63, 3.8) is 0 Å². The Bertz CT molecular complexity index is 2990. The molecule has 7 rings (SSSR count). The Hall–Kier alpha value is -7.12. The molecular weight excluding hydrogens is 1190 g/mol. The number of nitrogens with one attached hydrogen (secondary N) is 6. The standard InChI is InChI=1S/C68H96F2N8O14/c1-8-11-12-13-14-19-46(10-3)89-40-57(82)73-32-16-15-20-52(71)60(83)78-59(41(4)5)62(85)77-53(21-17-33-74-63(72)86)61(84)75-43-24-22-42(23-25-43)38-90-64(87)76-44-26-28-47(29-27-44)88-39-55(81)68-56(91-58(92-68)18-9-2)36-48-49-35-51(69)50-34-45(79)30-31-65(50,6)67(49,70)54(80)37-66(48,68)7/h8,22-31,34,41,46,48-49,51-54,56,58-59,80H,1,9-21,32-33,35-40,71H2,2-7H3,(H,73,82)(H,75,84)(H,76,87)(H,77,85)(H,78,83)(H3,72,74,86)/t46?,48-,49-,51-,52-,53-,54-,56+,58?,59-,65-,66-,67-,68+/m0/s1. The number of fused-ring (bicyclic) bond motifs is 7. The quantitative estimate of drug-likeness (QED) is 0.0232. The van der Waals surface area contributed by atoms with Crippen LogP contribution in [0.3, 0.4) is 0 Å². The van der Waals surface area contributed by atoms with Gasteiger partial charge < -0.3 is 66.8 Å². The molecule has 0 aromatic heterocycles. The van der Waals surface area contributed by atoms with Crippen LogP contribution < -0.4 is 48.1 Å². The zero-order valence-corrected chi connectivity index (χ0v) is 54.0. The summed E-state index contributed by atoms with van der Waals surface area (Å²) in [7, 11) is 0. The number of hydrogen-bond acceptors (Lipinski definition) is 15. The molecule has 0 bridgehead atoms. The van der Waals surface area contributed by atoms with Crippen LogP contribution in [-0.2, 0) is 54.3 Å². The number of benzene rings is 2. The number of carbonyl (C=O) groups is 8. The van der Waals surface area contributed by atoms with Gasteiger partial charge in [-0.25, -0.2) is 18.4 Å². The van der Waals surface area contributed by atoms with Crippen LogP contribution in [0.15, 0.2) is 85.0 Å². The van der Waals surface area contributed by atoms with Gasteiger partial charge in [-0.15, -0.1) is 6.58 Å². The SMILES string of the molecule is C=CCCCCCC(CC)OCC(=O)NCCCC[C@H](N)C(=O)N[C@H](C(=O)N[C@@H](CCCNC(N)=O)C(=O)Nc1ccc(COC(=O)Nc2ccc(OCC(=O)[C@@]34OC(CCC)O[C@@H]3C[C@H]3[C@@H]5C[C@H](F)C6=CC(=O)C=C[C@]6(C)[C@@]5(F)[C@@H](O)C[C@@]34C)cc2)cc1)C(C)C. The van der Waals surface area contributed by atoms with Gasteiger partial charge in [0.1, 0.15) is 43.8 Å². The topological polar surface area (TPSA) is 327 Å². The Kier molecular flexibility index (Phi) is 25.6. The number of Topliss-reactive ketones (excluding diaryl/α,β-unsaturated/α-hetero) is 1. The fourth-order valence-corrected chi connectivity index (χ4v) is 14.2. The van der Waals surface area contributed by atoms with Crippen LogP contribution in [0.25, 0.3) is 0 Å². The average Bonchev–Trinajstić information content (AvgIpc) is 1.38. The van der Waals surface area contributed by atoms with E-state index in [0.29, 0.717) is 55.6 Å². The van der Waals surface area contributed by atoms with Crippen LogP contribution in [0.2, 0.25) is 0 Å². The lowest BCUT2D eigenvalue weighted by Gasteiger charge is -2.63. The van der Waals surface area contributed by atoms with Crippen molar-refractivity contribution >= 4 is 58.7 Å². The molecule has 506 valence electrons. The molecule has 2 aromatic carbocycles. The van der Waals surface area contributed by atoms with Gasteiger partial charge in [0.05, 0.1) is 24.4 Å². The minimum absolute atomic E-state index is 0.00730. The highest BCUT2D eigenvalue weighted by Gasteiger charge is 2.80. The first-order chi connectivity index (χ1) is 43.8. The van der Waals surface area contributed by atoms with E-state index >= 15 is 8.78 Å². The summed E-state index contributed by atoms with van der Waals surface area (Å²) in [5.41, 5.74) is 5.97. The number of rotatable bonds is 35. The molecule has 1 aliphatic heterocycles. The van der Waals surface area contributed by atoms with Gasteiger partial charge in [-0.05, 0) is 162 Å². The summed E-state index contributed by atoms with van der Waals surface area (Å²) >= 11 is 0. The second-order valence-electron chi connectivity index (χ2n) is 25.9. The maximum absolute atomic E-state index is 17.9. The van der Waals surface area contributed by atoms with E-state index in [2.05, 4.69) is 38.5 Å². The Morgan fingerprint density at radius 2 is 1.53 bits per heavy atom. The van der Waals surface area contributed by atoms with E-state index in [-0.39, 0.29) is 75.2 Å². The molecule has 2 aromatic rings. The Morgan fingerprint density at radius 1 is 0.837 bits per heavy atom. The lowest BCUT2D eigenvalue weighted by Crippen LogP contribution is -2.71. The number of aliphatic hydroxyl groups is 1. The van der Waals surface area contributed by atoms with Crippen LogP contribution in [0.4, 0.5) is 29.7 Å². The molecule has 92 heavy (non-hydrogen) atoms. The number of carbonyl (C=O) groups excluding carboxylic acids is 8. The second kappa shape index (κ2) is 32.6. The number of hydrogen-bond donors (Lipinski definition) is 9.